The maximum Gasteiger partial charge on any atom is 0.310 e. The van der Waals surface area contributed by atoms with Crippen LogP contribution in [0.1, 0.15) is 15.2 Å². The molecule has 1 aromatic heterocycles. The zero-order valence-electron chi connectivity index (χ0n) is 10.7. The quantitative estimate of drug-likeness (QED) is 0.719. The maximum atomic E-state index is 12.7. The van der Waals surface area contributed by atoms with Crippen molar-refractivity contribution in [1.29, 1.82) is 0 Å². The van der Waals surface area contributed by atoms with Gasteiger partial charge >= 0.3 is 10.2 Å². The summed E-state index contributed by atoms with van der Waals surface area (Å²) in [6.07, 6.45) is 0. The number of carbonyl (C=O) groups is 1. The van der Waals surface area contributed by atoms with Crippen molar-refractivity contribution in [2.24, 2.45) is 0 Å². The summed E-state index contributed by atoms with van der Waals surface area (Å²) in [5.74, 6) is -0.606. The van der Waals surface area contributed by atoms with Crippen LogP contribution < -0.4 is 5.32 Å². The topological polar surface area (TPSA) is 29.1 Å². The van der Waals surface area contributed by atoms with Crippen LogP contribution >= 0.6 is 21.6 Å². The Morgan fingerprint density at radius 3 is 2.05 bits per heavy atom. The van der Waals surface area contributed by atoms with E-state index in [1.54, 1.807) is 0 Å². The lowest BCUT2D eigenvalue weighted by Gasteiger charge is -2.40. The molecule has 1 aromatic carbocycles. The van der Waals surface area contributed by atoms with E-state index in [-0.39, 0.29) is 29.1 Å². The molecule has 0 aliphatic rings. The molecule has 0 unspecified atom stereocenters. The smallest absolute Gasteiger partial charge is 0.310 e. The number of carbonyl (C=O) groups excluding carboxylic acids is 1. The molecule has 0 atom stereocenters. The van der Waals surface area contributed by atoms with Gasteiger partial charge in [0.25, 0.3) is 5.91 Å². The predicted octanol–water partition coefficient (Wildman–Crippen LogP) is 5.47. The van der Waals surface area contributed by atoms with Crippen molar-refractivity contribution < 1.29 is 28.6 Å². The first-order valence-electron chi connectivity index (χ1n) is 5.72. The van der Waals surface area contributed by atoms with Gasteiger partial charge in [-0.05, 0) is 29.8 Å². The second-order valence-electron chi connectivity index (χ2n) is 4.40. The minimum atomic E-state index is -9.68. The molecule has 0 bridgehead atoms. The fourth-order valence-electron chi connectivity index (χ4n) is 1.57. The summed E-state index contributed by atoms with van der Waals surface area (Å²) in [6, 6.07) is 4.60. The van der Waals surface area contributed by atoms with Gasteiger partial charge in [-0.25, -0.2) is 0 Å². The number of amides is 1. The average Bonchev–Trinajstić information content (AvgIpc) is 2.80. The lowest BCUT2D eigenvalue weighted by molar-refractivity contribution is 0.0955. The number of benzene rings is 1. The van der Waals surface area contributed by atoms with Gasteiger partial charge in [0.05, 0.1) is 4.88 Å². The van der Waals surface area contributed by atoms with Gasteiger partial charge in [0, 0.05) is 6.54 Å². The maximum absolute atomic E-state index is 12.7. The Morgan fingerprint density at radius 1 is 1.00 bits per heavy atom. The summed E-state index contributed by atoms with van der Waals surface area (Å²) >= 11 is 0.614. The normalized spacial score (nSPS) is 15.0. The third-order valence-electron chi connectivity index (χ3n) is 2.62. The van der Waals surface area contributed by atoms with Crippen LogP contribution in [0.15, 0.2) is 41.3 Å². The van der Waals surface area contributed by atoms with E-state index < -0.39 is 26.2 Å². The summed E-state index contributed by atoms with van der Waals surface area (Å²) in [4.78, 5) is 9.71. The fraction of sp³-hybridized carbons (Fsp3) is 0.0833. The molecule has 122 valence electrons. The Hall–Kier alpha value is -1.68. The van der Waals surface area contributed by atoms with E-state index in [4.69, 9.17) is 0 Å². The van der Waals surface area contributed by atoms with E-state index in [0.717, 1.165) is 18.2 Å². The number of rotatable bonds is 4. The Balaban J connectivity index is 2.05. The SMILES string of the molecule is O=C(NCc1ccc(S(F)(F)(F)(F)F)cc1)c1ccc(F)s1. The molecule has 10 heteroatoms. The van der Waals surface area contributed by atoms with E-state index >= 15 is 0 Å². The van der Waals surface area contributed by atoms with Crippen LogP contribution in [0, 0.1) is 5.13 Å². The van der Waals surface area contributed by atoms with Gasteiger partial charge in [-0.1, -0.05) is 31.6 Å². The van der Waals surface area contributed by atoms with Crippen LogP contribution in [0.3, 0.4) is 0 Å². The molecule has 1 N–H and O–H groups in total. The van der Waals surface area contributed by atoms with Gasteiger partial charge in [-0.2, -0.15) is 4.39 Å². The molecule has 1 heterocycles. The third kappa shape index (κ3) is 4.17. The summed E-state index contributed by atoms with van der Waals surface area (Å²) < 4.78 is 75.3. The van der Waals surface area contributed by atoms with Gasteiger partial charge in [0.1, 0.15) is 4.90 Å². The fourth-order valence-corrected chi connectivity index (χ4v) is 2.87. The van der Waals surface area contributed by atoms with Gasteiger partial charge in [-0.3, -0.25) is 4.79 Å². The molecule has 22 heavy (non-hydrogen) atoms. The Bertz CT molecular complexity index is 708. The van der Waals surface area contributed by atoms with Crippen LogP contribution in [0.4, 0.5) is 23.8 Å². The predicted molar refractivity (Wildman–Crippen MR) is 73.3 cm³/mol. The van der Waals surface area contributed by atoms with Crippen LogP contribution in [0.5, 0.6) is 0 Å². The highest BCUT2D eigenvalue weighted by Crippen LogP contribution is 3.02. The standard InChI is InChI=1S/C12H9F6NOS2/c13-11-6-5-10(21-11)12(20)19-7-8-1-3-9(4-2-8)22(14,15,16,17)18/h1-6H,7H2,(H,19,20). The molecule has 0 saturated carbocycles. The molecular weight excluding hydrogens is 352 g/mol. The first kappa shape index (κ1) is 16.7. The number of hydrogen-bond acceptors (Lipinski definition) is 2. The minimum Gasteiger partial charge on any atom is -0.347 e. The molecule has 2 rings (SSSR count). The van der Waals surface area contributed by atoms with Gasteiger partial charge in [-0.15, -0.1) is 11.3 Å². The molecule has 0 fully saturated rings. The van der Waals surface area contributed by atoms with Crippen LogP contribution in [0.25, 0.3) is 0 Å². The zero-order chi connectivity index (χ0) is 16.7. The number of halogens is 6. The van der Waals surface area contributed by atoms with Crippen molar-refractivity contribution in [2.75, 3.05) is 0 Å². The largest absolute Gasteiger partial charge is 0.347 e. The van der Waals surface area contributed by atoms with E-state index in [1.807, 2.05) is 0 Å². The van der Waals surface area contributed by atoms with Crippen molar-refractivity contribution in [3.05, 3.63) is 52.0 Å². The van der Waals surface area contributed by atoms with Crippen molar-refractivity contribution in [3.8, 4) is 0 Å². The highest BCUT2D eigenvalue weighted by atomic mass is 32.5. The molecule has 0 aliphatic carbocycles. The highest BCUT2D eigenvalue weighted by Gasteiger charge is 2.65. The molecule has 0 radical (unpaired) electrons. The van der Waals surface area contributed by atoms with E-state index in [9.17, 15) is 28.6 Å². The highest BCUT2D eigenvalue weighted by molar-refractivity contribution is 8.45. The van der Waals surface area contributed by atoms with Crippen molar-refractivity contribution >= 4 is 27.5 Å². The number of hydrogen-bond donors (Lipinski definition) is 1. The van der Waals surface area contributed by atoms with Gasteiger partial charge in [0.15, 0.2) is 5.13 Å². The Labute approximate surface area is 125 Å². The molecule has 0 aliphatic heterocycles. The van der Waals surface area contributed by atoms with Crippen LogP contribution in [0.2, 0.25) is 0 Å². The summed E-state index contributed by atoms with van der Waals surface area (Å²) in [6.45, 7) is -0.168. The molecule has 2 aromatic rings. The first-order chi connectivity index (χ1) is 9.85. The third-order valence-corrected chi connectivity index (χ3v) is 4.65. The lowest BCUT2D eigenvalue weighted by atomic mass is 10.2. The molecule has 0 spiro atoms. The molecular formula is C12H9F6NOS2. The molecule has 2 nitrogen and oxygen atoms in total. The Morgan fingerprint density at radius 2 is 1.59 bits per heavy atom. The number of nitrogens with one attached hydrogen (secondary N) is 1. The lowest BCUT2D eigenvalue weighted by Crippen LogP contribution is -2.21. The summed E-state index contributed by atoms with van der Waals surface area (Å²) in [5.41, 5.74) is 0.205. The second-order valence-corrected chi connectivity index (χ2v) is 7.84. The van der Waals surface area contributed by atoms with E-state index in [2.05, 4.69) is 5.32 Å². The van der Waals surface area contributed by atoms with Crippen LogP contribution in [-0.4, -0.2) is 5.91 Å². The minimum absolute atomic E-state index is 0.0983. The monoisotopic (exact) mass is 361 g/mol. The zero-order valence-corrected chi connectivity index (χ0v) is 12.3. The van der Waals surface area contributed by atoms with E-state index in [0.29, 0.717) is 11.3 Å². The second kappa shape index (κ2) is 4.66. The Kier molecular flexibility index (Phi) is 3.53. The van der Waals surface area contributed by atoms with Crippen LogP contribution in [-0.2, 0) is 6.54 Å². The summed E-state index contributed by atoms with van der Waals surface area (Å²) in [5, 5.41) is 1.80. The molecule has 0 saturated heterocycles. The van der Waals surface area contributed by atoms with Gasteiger partial charge in [0.2, 0.25) is 0 Å². The van der Waals surface area contributed by atoms with Crippen molar-refractivity contribution in [3.63, 3.8) is 0 Å². The average molecular weight is 361 g/mol. The van der Waals surface area contributed by atoms with E-state index in [1.165, 1.54) is 6.07 Å². The van der Waals surface area contributed by atoms with Gasteiger partial charge < -0.3 is 5.32 Å². The first-order valence-corrected chi connectivity index (χ1v) is 8.48. The van der Waals surface area contributed by atoms with Crippen molar-refractivity contribution in [2.45, 2.75) is 11.4 Å². The number of thiophene rings is 1. The summed E-state index contributed by atoms with van der Waals surface area (Å²) in [7, 11) is -9.68. The van der Waals surface area contributed by atoms with Crippen molar-refractivity contribution in [1.82, 2.24) is 5.32 Å². The molecule has 1 amide bonds.